The van der Waals surface area contributed by atoms with Gasteiger partial charge in [-0.3, -0.25) is 10.1 Å². The number of urea groups is 1. The predicted octanol–water partition coefficient (Wildman–Crippen LogP) is 1.34. The summed E-state index contributed by atoms with van der Waals surface area (Å²) >= 11 is 0. The molecule has 1 aliphatic heterocycles. The van der Waals surface area contributed by atoms with Crippen LogP contribution < -0.4 is 10.1 Å². The van der Waals surface area contributed by atoms with Gasteiger partial charge >= 0.3 is 12.0 Å². The van der Waals surface area contributed by atoms with Crippen LogP contribution in [-0.2, 0) is 4.79 Å². The number of anilines is 1. The molecule has 1 fully saturated rings. The lowest BCUT2D eigenvalue weighted by molar-refractivity contribution is -0.141. The van der Waals surface area contributed by atoms with E-state index in [-0.39, 0.29) is 12.6 Å². The second kappa shape index (κ2) is 5.77. The van der Waals surface area contributed by atoms with Crippen molar-refractivity contribution in [3.8, 4) is 5.75 Å². The molecule has 0 saturated carbocycles. The van der Waals surface area contributed by atoms with Crippen molar-refractivity contribution in [1.29, 1.82) is 0 Å². The monoisotopic (exact) mass is 279 g/mol. The molecule has 1 unspecified atom stereocenters. The van der Waals surface area contributed by atoms with Gasteiger partial charge in [-0.1, -0.05) is 0 Å². The van der Waals surface area contributed by atoms with Crippen molar-refractivity contribution in [2.45, 2.75) is 13.3 Å². The van der Waals surface area contributed by atoms with E-state index < -0.39 is 11.9 Å². The molecule has 0 aromatic carbocycles. The van der Waals surface area contributed by atoms with Crippen molar-refractivity contribution in [2.75, 3.05) is 25.5 Å². The number of pyridine rings is 1. The maximum atomic E-state index is 12.1. The van der Waals surface area contributed by atoms with Crippen LogP contribution in [0.2, 0.25) is 0 Å². The van der Waals surface area contributed by atoms with Crippen LogP contribution in [0.15, 0.2) is 12.1 Å². The topological polar surface area (TPSA) is 91.8 Å². The summed E-state index contributed by atoms with van der Waals surface area (Å²) in [7, 11) is 1.50. The van der Waals surface area contributed by atoms with Gasteiger partial charge in [0, 0.05) is 18.8 Å². The summed E-state index contributed by atoms with van der Waals surface area (Å²) in [5.74, 6) is -0.547. The Morgan fingerprint density at radius 2 is 2.25 bits per heavy atom. The van der Waals surface area contributed by atoms with Gasteiger partial charge in [0.1, 0.15) is 0 Å². The van der Waals surface area contributed by atoms with Gasteiger partial charge < -0.3 is 14.7 Å². The molecule has 1 saturated heterocycles. The maximum absolute atomic E-state index is 12.1. The first-order chi connectivity index (χ1) is 9.51. The van der Waals surface area contributed by atoms with Gasteiger partial charge in [-0.25, -0.2) is 9.78 Å². The normalized spacial score (nSPS) is 17.9. The van der Waals surface area contributed by atoms with E-state index in [4.69, 9.17) is 9.84 Å². The van der Waals surface area contributed by atoms with Crippen LogP contribution in [0.4, 0.5) is 10.6 Å². The summed E-state index contributed by atoms with van der Waals surface area (Å²) < 4.78 is 5.13. The quantitative estimate of drug-likeness (QED) is 0.871. The number of likely N-dealkylation sites (tertiary alicyclic amines) is 1. The molecule has 1 aliphatic rings. The van der Waals surface area contributed by atoms with Gasteiger partial charge in [-0.05, 0) is 25.5 Å². The van der Waals surface area contributed by atoms with Crippen molar-refractivity contribution in [1.82, 2.24) is 9.88 Å². The molecule has 7 nitrogen and oxygen atoms in total. The standard InChI is InChI=1S/C13H17N3O4/c1-8-3-4-10(20-2)11(14-8)15-13(19)16-6-5-9(7-16)12(17)18/h3-4,9H,5-7H2,1-2H3,(H,17,18)(H,14,15,19). The number of aryl methyl sites for hydroxylation is 1. The van der Waals surface area contributed by atoms with E-state index in [1.54, 1.807) is 12.1 Å². The molecule has 1 aromatic rings. The molecule has 1 aromatic heterocycles. The first-order valence-corrected chi connectivity index (χ1v) is 6.31. The highest BCUT2D eigenvalue weighted by Crippen LogP contribution is 2.23. The molecule has 2 heterocycles. The van der Waals surface area contributed by atoms with Crippen LogP contribution >= 0.6 is 0 Å². The lowest BCUT2D eigenvalue weighted by atomic mass is 10.1. The third-order valence-corrected chi connectivity index (χ3v) is 3.27. The molecule has 2 amide bonds. The molecule has 108 valence electrons. The summed E-state index contributed by atoms with van der Waals surface area (Å²) in [6.45, 7) is 2.46. The zero-order valence-corrected chi connectivity index (χ0v) is 11.4. The number of nitrogens with one attached hydrogen (secondary N) is 1. The van der Waals surface area contributed by atoms with Gasteiger partial charge in [-0.15, -0.1) is 0 Å². The molecule has 0 radical (unpaired) electrons. The van der Waals surface area contributed by atoms with E-state index in [0.29, 0.717) is 24.5 Å². The van der Waals surface area contributed by atoms with Crippen molar-refractivity contribution in [3.05, 3.63) is 17.8 Å². The number of hydrogen-bond acceptors (Lipinski definition) is 4. The summed E-state index contributed by atoms with van der Waals surface area (Å²) in [6, 6.07) is 3.15. The Kier molecular flexibility index (Phi) is 4.07. The molecule has 0 aliphatic carbocycles. The number of hydrogen-bond donors (Lipinski definition) is 2. The molecular weight excluding hydrogens is 262 g/mol. The second-order valence-electron chi connectivity index (χ2n) is 4.70. The van der Waals surface area contributed by atoms with Crippen LogP contribution in [0.25, 0.3) is 0 Å². The summed E-state index contributed by atoms with van der Waals surface area (Å²) in [6.07, 6.45) is 0.473. The Bertz CT molecular complexity index is 532. The number of carboxylic acid groups (broad SMARTS) is 1. The SMILES string of the molecule is COc1ccc(C)nc1NC(=O)N1CCC(C(=O)O)C1. The molecule has 1 atom stereocenters. The lowest BCUT2D eigenvalue weighted by Gasteiger charge is -2.17. The van der Waals surface area contributed by atoms with Gasteiger partial charge in [0.2, 0.25) is 0 Å². The van der Waals surface area contributed by atoms with E-state index >= 15 is 0 Å². The minimum absolute atomic E-state index is 0.218. The number of nitrogens with zero attached hydrogens (tertiary/aromatic N) is 2. The van der Waals surface area contributed by atoms with Gasteiger partial charge in [0.05, 0.1) is 13.0 Å². The number of aliphatic carboxylic acids is 1. The van der Waals surface area contributed by atoms with Gasteiger partial charge in [-0.2, -0.15) is 0 Å². The molecule has 2 rings (SSSR count). The summed E-state index contributed by atoms with van der Waals surface area (Å²) in [4.78, 5) is 28.7. The number of amides is 2. The molecule has 20 heavy (non-hydrogen) atoms. The highest BCUT2D eigenvalue weighted by Gasteiger charge is 2.31. The zero-order valence-electron chi connectivity index (χ0n) is 11.4. The zero-order chi connectivity index (χ0) is 14.7. The molecule has 0 bridgehead atoms. The molecule has 0 spiro atoms. The predicted molar refractivity (Wildman–Crippen MR) is 71.9 cm³/mol. The number of methoxy groups -OCH3 is 1. The van der Waals surface area contributed by atoms with Crippen molar-refractivity contribution in [2.24, 2.45) is 5.92 Å². The van der Waals surface area contributed by atoms with Crippen LogP contribution in [0.3, 0.4) is 0 Å². The van der Waals surface area contributed by atoms with Crippen LogP contribution in [0.1, 0.15) is 12.1 Å². The van der Waals surface area contributed by atoms with E-state index in [2.05, 4.69) is 10.3 Å². The number of aromatic nitrogens is 1. The van der Waals surface area contributed by atoms with Crippen LogP contribution in [0, 0.1) is 12.8 Å². The summed E-state index contributed by atoms with van der Waals surface area (Å²) in [5, 5.41) is 11.6. The number of ether oxygens (including phenoxy) is 1. The van der Waals surface area contributed by atoms with Crippen molar-refractivity contribution in [3.63, 3.8) is 0 Å². The summed E-state index contributed by atoms with van der Waals surface area (Å²) in [5.41, 5.74) is 0.755. The fraction of sp³-hybridized carbons (Fsp3) is 0.462. The van der Waals surface area contributed by atoms with Gasteiger partial charge in [0.15, 0.2) is 11.6 Å². The van der Waals surface area contributed by atoms with Crippen LogP contribution in [0.5, 0.6) is 5.75 Å². The maximum Gasteiger partial charge on any atom is 0.323 e. The van der Waals surface area contributed by atoms with E-state index in [9.17, 15) is 9.59 Å². The molecule has 7 heteroatoms. The van der Waals surface area contributed by atoms with E-state index in [1.807, 2.05) is 6.92 Å². The number of carbonyl (C=O) groups excluding carboxylic acids is 1. The first kappa shape index (κ1) is 14.1. The minimum atomic E-state index is -0.869. The Labute approximate surface area is 116 Å². The fourth-order valence-corrected chi connectivity index (χ4v) is 2.12. The lowest BCUT2D eigenvalue weighted by Crippen LogP contribution is -2.34. The first-order valence-electron chi connectivity index (χ1n) is 6.31. The average molecular weight is 279 g/mol. The Morgan fingerprint density at radius 1 is 1.50 bits per heavy atom. The largest absolute Gasteiger partial charge is 0.493 e. The minimum Gasteiger partial charge on any atom is -0.493 e. The third-order valence-electron chi connectivity index (χ3n) is 3.27. The fourth-order valence-electron chi connectivity index (χ4n) is 2.12. The number of rotatable bonds is 3. The molecule has 2 N–H and O–H groups in total. The van der Waals surface area contributed by atoms with E-state index in [1.165, 1.54) is 12.0 Å². The molecular formula is C13H17N3O4. The van der Waals surface area contributed by atoms with Crippen molar-refractivity contribution < 1.29 is 19.4 Å². The highest BCUT2D eigenvalue weighted by molar-refractivity contribution is 5.90. The van der Waals surface area contributed by atoms with Crippen molar-refractivity contribution >= 4 is 17.8 Å². The highest BCUT2D eigenvalue weighted by atomic mass is 16.5. The number of carboxylic acids is 1. The third kappa shape index (κ3) is 2.98. The Hall–Kier alpha value is -2.31. The van der Waals surface area contributed by atoms with E-state index in [0.717, 1.165) is 5.69 Å². The average Bonchev–Trinajstić information content (AvgIpc) is 2.89. The second-order valence-corrected chi connectivity index (χ2v) is 4.70. The number of carbonyl (C=O) groups is 2. The Morgan fingerprint density at radius 3 is 2.85 bits per heavy atom. The van der Waals surface area contributed by atoms with Gasteiger partial charge in [0.25, 0.3) is 0 Å². The smallest absolute Gasteiger partial charge is 0.323 e. The van der Waals surface area contributed by atoms with Crippen LogP contribution in [-0.4, -0.2) is 47.2 Å². The Balaban J connectivity index is 2.05.